The first-order valence-corrected chi connectivity index (χ1v) is 4.31. The summed E-state index contributed by atoms with van der Waals surface area (Å²) in [6.45, 7) is 5.29. The Morgan fingerprint density at radius 1 is 1.31 bits per heavy atom. The lowest BCUT2D eigenvalue weighted by molar-refractivity contribution is 0.134. The number of ether oxygens (including phenoxy) is 2. The van der Waals surface area contributed by atoms with E-state index in [4.69, 9.17) is 11.8 Å². The molecular weight excluding hydrogens is 164 g/mol. The van der Waals surface area contributed by atoms with Crippen LogP contribution >= 0.6 is 0 Å². The average molecular weight is 178 g/mol. The second kappa shape index (κ2) is 4.87. The van der Waals surface area contributed by atoms with Crippen molar-refractivity contribution in [1.29, 1.82) is 0 Å². The van der Waals surface area contributed by atoms with E-state index in [1.54, 1.807) is 0 Å². The molecule has 1 rings (SSSR count). The van der Waals surface area contributed by atoms with Gasteiger partial charge in [-0.05, 0) is 37.1 Å². The highest BCUT2D eigenvalue weighted by Gasteiger charge is 1.98. The van der Waals surface area contributed by atoms with E-state index in [0.29, 0.717) is 19.0 Å². The monoisotopic (exact) mass is 178 g/mol. The third-order valence-electron chi connectivity index (χ3n) is 1.72. The predicted octanol–water partition coefficient (Wildman–Crippen LogP) is 2.58. The van der Waals surface area contributed by atoms with Crippen LogP contribution in [0.2, 0.25) is 0 Å². The van der Waals surface area contributed by atoms with Crippen molar-refractivity contribution >= 4 is 0 Å². The maximum Gasteiger partial charge on any atom is 0.180 e. The molecule has 0 aromatic heterocycles. The molecule has 0 saturated heterocycles. The van der Waals surface area contributed by atoms with Gasteiger partial charge in [-0.25, -0.2) is 0 Å². The summed E-state index contributed by atoms with van der Waals surface area (Å²) in [5, 5.41) is 0. The van der Waals surface area contributed by atoms with Gasteiger partial charge in [-0.3, -0.25) is 0 Å². The first kappa shape index (κ1) is 10.1. The van der Waals surface area contributed by atoms with Gasteiger partial charge in [0.05, 0.1) is 6.61 Å². The summed E-state index contributed by atoms with van der Waals surface area (Å²) < 4.78 is 9.94. The van der Waals surface area contributed by atoms with E-state index in [0.717, 1.165) is 11.1 Å². The minimum atomic E-state index is 0.606. The summed E-state index contributed by atoms with van der Waals surface area (Å²) in [4.78, 5) is 0. The third kappa shape index (κ3) is 3.07. The van der Waals surface area contributed by atoms with E-state index >= 15 is 0 Å². The Hall–Kier alpha value is -1.02. The van der Waals surface area contributed by atoms with Gasteiger partial charge in [0.15, 0.2) is 7.11 Å². The maximum absolute atomic E-state index is 5.28. The van der Waals surface area contributed by atoms with Crippen molar-refractivity contribution in [2.24, 2.45) is 0 Å². The van der Waals surface area contributed by atoms with Gasteiger partial charge in [0.25, 0.3) is 0 Å². The van der Waals surface area contributed by atoms with Crippen LogP contribution in [0.15, 0.2) is 18.2 Å². The molecule has 0 spiro atoms. The van der Waals surface area contributed by atoms with E-state index < -0.39 is 0 Å². The Balaban J connectivity index is 2.76. The van der Waals surface area contributed by atoms with Gasteiger partial charge in [0, 0.05) is 6.61 Å². The summed E-state index contributed by atoms with van der Waals surface area (Å²) >= 11 is 0. The first-order valence-electron chi connectivity index (χ1n) is 4.31. The standard InChI is InChI=1S/C11H14O2/c1-4-13-8-10-5-9(2)6-11(7-10)12-3/h3,5-7H,4,8H2,1-2H3. The fourth-order valence-corrected chi connectivity index (χ4v) is 1.20. The van der Waals surface area contributed by atoms with Crippen molar-refractivity contribution in [3.8, 4) is 5.75 Å². The Morgan fingerprint density at radius 3 is 2.69 bits per heavy atom. The zero-order valence-corrected chi connectivity index (χ0v) is 8.04. The van der Waals surface area contributed by atoms with Gasteiger partial charge < -0.3 is 9.47 Å². The van der Waals surface area contributed by atoms with Gasteiger partial charge in [0.1, 0.15) is 5.75 Å². The van der Waals surface area contributed by atoms with E-state index in [9.17, 15) is 0 Å². The number of hydrogen-bond acceptors (Lipinski definition) is 2. The molecule has 0 amide bonds. The van der Waals surface area contributed by atoms with Crippen molar-refractivity contribution in [3.05, 3.63) is 36.4 Å². The van der Waals surface area contributed by atoms with Crippen LogP contribution < -0.4 is 4.74 Å². The largest absolute Gasteiger partial charge is 0.482 e. The molecule has 0 heterocycles. The Labute approximate surface area is 79.5 Å². The lowest BCUT2D eigenvalue weighted by Crippen LogP contribution is -1.93. The smallest absolute Gasteiger partial charge is 0.180 e. The highest BCUT2D eigenvalue weighted by atomic mass is 16.5. The molecule has 13 heavy (non-hydrogen) atoms. The molecule has 0 bridgehead atoms. The lowest BCUT2D eigenvalue weighted by Gasteiger charge is -2.06. The van der Waals surface area contributed by atoms with Gasteiger partial charge in [0.2, 0.25) is 0 Å². The number of hydrogen-bond donors (Lipinski definition) is 0. The van der Waals surface area contributed by atoms with Gasteiger partial charge in [-0.1, -0.05) is 6.07 Å². The molecule has 0 unspecified atom stereocenters. The normalized spacial score (nSPS) is 10.1. The quantitative estimate of drug-likeness (QED) is 0.705. The fraction of sp³-hybridized carbons (Fsp3) is 0.364. The van der Waals surface area contributed by atoms with E-state index in [2.05, 4.69) is 10.8 Å². The van der Waals surface area contributed by atoms with Crippen molar-refractivity contribution in [2.75, 3.05) is 6.61 Å². The molecule has 0 atom stereocenters. The highest BCUT2D eigenvalue weighted by Crippen LogP contribution is 2.17. The van der Waals surface area contributed by atoms with E-state index in [-0.39, 0.29) is 0 Å². The molecule has 2 nitrogen and oxygen atoms in total. The second-order valence-electron chi connectivity index (χ2n) is 2.91. The fourth-order valence-electron chi connectivity index (χ4n) is 1.20. The van der Waals surface area contributed by atoms with E-state index in [1.165, 1.54) is 0 Å². The summed E-state index contributed by atoms with van der Waals surface area (Å²) in [5.41, 5.74) is 2.21. The Kier molecular flexibility index (Phi) is 3.77. The lowest BCUT2D eigenvalue weighted by atomic mass is 10.1. The maximum atomic E-state index is 5.28. The van der Waals surface area contributed by atoms with Crippen LogP contribution in [-0.2, 0) is 11.3 Å². The van der Waals surface area contributed by atoms with Gasteiger partial charge >= 0.3 is 0 Å². The second-order valence-corrected chi connectivity index (χ2v) is 2.91. The van der Waals surface area contributed by atoms with Crippen LogP contribution in [-0.4, -0.2) is 6.61 Å². The molecule has 70 valence electrons. The molecule has 0 N–H and O–H groups in total. The molecule has 0 aliphatic carbocycles. The zero-order chi connectivity index (χ0) is 9.68. The minimum Gasteiger partial charge on any atom is -0.482 e. The van der Waals surface area contributed by atoms with Crippen molar-refractivity contribution < 1.29 is 9.47 Å². The molecule has 2 radical (unpaired) electrons. The van der Waals surface area contributed by atoms with Crippen molar-refractivity contribution in [1.82, 2.24) is 0 Å². The summed E-state index contributed by atoms with van der Waals surface area (Å²) in [7, 11) is 5.08. The molecule has 2 heteroatoms. The molecule has 0 fully saturated rings. The van der Waals surface area contributed by atoms with Crippen LogP contribution in [0.3, 0.4) is 0 Å². The minimum absolute atomic E-state index is 0.606. The first-order chi connectivity index (χ1) is 6.26. The Bertz CT molecular complexity index is 269. The van der Waals surface area contributed by atoms with Crippen molar-refractivity contribution in [2.45, 2.75) is 20.5 Å². The van der Waals surface area contributed by atoms with E-state index in [1.807, 2.05) is 26.0 Å². The predicted molar refractivity (Wildman–Crippen MR) is 51.4 cm³/mol. The summed E-state index contributed by atoms with van der Waals surface area (Å²) in [6.07, 6.45) is 0. The highest BCUT2D eigenvalue weighted by molar-refractivity contribution is 5.33. The number of benzene rings is 1. The number of aryl methyl sites for hydroxylation is 1. The molecule has 1 aromatic rings. The zero-order valence-electron chi connectivity index (χ0n) is 8.04. The van der Waals surface area contributed by atoms with Gasteiger partial charge in [-0.15, -0.1) is 0 Å². The SMILES string of the molecule is [CH]Oc1cc(C)cc(COCC)c1. The molecule has 1 aromatic carbocycles. The summed E-state index contributed by atoms with van der Waals surface area (Å²) in [6, 6.07) is 5.82. The Morgan fingerprint density at radius 2 is 2.08 bits per heavy atom. The molecule has 0 aliphatic rings. The van der Waals surface area contributed by atoms with Crippen LogP contribution in [0.25, 0.3) is 0 Å². The number of rotatable bonds is 4. The summed E-state index contributed by atoms with van der Waals surface area (Å²) in [5.74, 6) is 0.676. The topological polar surface area (TPSA) is 18.5 Å². The molecular formula is C11H14O2. The average Bonchev–Trinajstić information content (AvgIpc) is 2.14. The van der Waals surface area contributed by atoms with Crippen LogP contribution in [0.1, 0.15) is 18.1 Å². The van der Waals surface area contributed by atoms with Crippen molar-refractivity contribution in [3.63, 3.8) is 0 Å². The molecule has 0 saturated carbocycles. The van der Waals surface area contributed by atoms with Crippen LogP contribution in [0, 0.1) is 14.0 Å². The van der Waals surface area contributed by atoms with Crippen LogP contribution in [0.5, 0.6) is 5.75 Å². The van der Waals surface area contributed by atoms with Crippen LogP contribution in [0.4, 0.5) is 0 Å². The molecule has 0 aliphatic heterocycles. The third-order valence-corrected chi connectivity index (χ3v) is 1.72. The van der Waals surface area contributed by atoms with Gasteiger partial charge in [-0.2, -0.15) is 0 Å².